The number of ether oxygens (including phenoxy) is 1. The maximum absolute atomic E-state index is 9.33. The fraction of sp³-hybridized carbons (Fsp3) is 0.444. The van der Waals surface area contributed by atoms with Crippen LogP contribution in [-0.4, -0.2) is 22.3 Å². The summed E-state index contributed by atoms with van der Waals surface area (Å²) in [6, 6.07) is 1.65. The van der Waals surface area contributed by atoms with E-state index in [0.29, 0.717) is 17.0 Å². The van der Waals surface area contributed by atoms with E-state index in [1.54, 1.807) is 19.2 Å². The predicted octanol–water partition coefficient (Wildman–Crippen LogP) is 0.636. The van der Waals surface area contributed by atoms with Crippen molar-refractivity contribution in [3.63, 3.8) is 0 Å². The summed E-state index contributed by atoms with van der Waals surface area (Å²) < 4.78 is 5.02. The number of hydrogen-bond acceptors (Lipinski definition) is 4. The molecule has 1 heterocycles. The van der Waals surface area contributed by atoms with Crippen molar-refractivity contribution >= 4 is 0 Å². The maximum Gasteiger partial charge on any atom is 0.127 e. The highest BCUT2D eigenvalue weighted by atomic mass is 16.5. The van der Waals surface area contributed by atoms with Crippen LogP contribution in [0.1, 0.15) is 24.3 Å². The molecule has 0 aromatic carbocycles. The fourth-order valence-electron chi connectivity index (χ4n) is 1.20. The van der Waals surface area contributed by atoms with Gasteiger partial charge in [-0.05, 0) is 13.0 Å². The third-order valence-electron chi connectivity index (χ3n) is 1.82. The minimum atomic E-state index is -0.697. The Bertz CT molecular complexity index is 286. The Morgan fingerprint density at radius 1 is 1.62 bits per heavy atom. The van der Waals surface area contributed by atoms with Crippen LogP contribution in [0.15, 0.2) is 12.3 Å². The minimum Gasteiger partial charge on any atom is -0.496 e. The summed E-state index contributed by atoms with van der Waals surface area (Å²) in [5.74, 6) is 0.549. The van der Waals surface area contributed by atoms with Gasteiger partial charge in [0.15, 0.2) is 0 Å². The number of aliphatic hydroxyl groups excluding tert-OH is 2. The van der Waals surface area contributed by atoms with Gasteiger partial charge in [0.1, 0.15) is 5.75 Å². The van der Waals surface area contributed by atoms with Gasteiger partial charge in [-0.15, -0.1) is 0 Å². The molecule has 13 heavy (non-hydrogen) atoms. The van der Waals surface area contributed by atoms with Gasteiger partial charge in [-0.2, -0.15) is 0 Å². The topological polar surface area (TPSA) is 62.6 Å². The van der Waals surface area contributed by atoms with Crippen LogP contribution in [0.25, 0.3) is 0 Å². The lowest BCUT2D eigenvalue weighted by Crippen LogP contribution is -2.04. The van der Waals surface area contributed by atoms with Gasteiger partial charge in [-0.25, -0.2) is 0 Å². The summed E-state index contributed by atoms with van der Waals surface area (Å²) in [6.45, 7) is 1.41. The van der Waals surface area contributed by atoms with Crippen LogP contribution in [0.4, 0.5) is 0 Å². The predicted molar refractivity (Wildman–Crippen MR) is 47.3 cm³/mol. The van der Waals surface area contributed by atoms with Gasteiger partial charge in [0.05, 0.1) is 25.5 Å². The van der Waals surface area contributed by atoms with E-state index in [1.165, 1.54) is 7.11 Å². The average Bonchev–Trinajstić information content (AvgIpc) is 2.16. The van der Waals surface area contributed by atoms with Crippen LogP contribution in [0, 0.1) is 0 Å². The van der Waals surface area contributed by atoms with Crippen LogP contribution in [0.3, 0.4) is 0 Å². The van der Waals surface area contributed by atoms with Gasteiger partial charge < -0.3 is 14.9 Å². The Morgan fingerprint density at radius 2 is 2.31 bits per heavy atom. The van der Waals surface area contributed by atoms with Gasteiger partial charge >= 0.3 is 0 Å². The highest BCUT2D eigenvalue weighted by molar-refractivity contribution is 5.36. The standard InChI is InChI=1S/C9H13NO3/c1-6(12)9-7(5-11)8(13-2)3-4-10-9/h3-4,6,11-12H,5H2,1-2H3. The van der Waals surface area contributed by atoms with Gasteiger partial charge in [-0.1, -0.05) is 0 Å². The summed E-state index contributed by atoms with van der Waals surface area (Å²) >= 11 is 0. The van der Waals surface area contributed by atoms with Crippen molar-refractivity contribution in [3.05, 3.63) is 23.5 Å². The second-order valence-corrected chi connectivity index (χ2v) is 2.71. The lowest BCUT2D eigenvalue weighted by atomic mass is 10.1. The Balaban J connectivity index is 3.19. The second-order valence-electron chi connectivity index (χ2n) is 2.71. The normalized spacial score (nSPS) is 12.6. The first-order valence-corrected chi connectivity index (χ1v) is 4.01. The highest BCUT2D eigenvalue weighted by Crippen LogP contribution is 2.24. The number of aromatic nitrogens is 1. The molecule has 0 aliphatic rings. The number of rotatable bonds is 3. The Morgan fingerprint density at radius 3 is 2.77 bits per heavy atom. The van der Waals surface area contributed by atoms with Gasteiger partial charge in [0.25, 0.3) is 0 Å². The molecule has 72 valence electrons. The smallest absolute Gasteiger partial charge is 0.127 e. The second kappa shape index (κ2) is 4.20. The van der Waals surface area contributed by atoms with Crippen molar-refractivity contribution in [2.45, 2.75) is 19.6 Å². The first-order valence-electron chi connectivity index (χ1n) is 4.01. The Kier molecular flexibility index (Phi) is 3.22. The molecule has 1 atom stereocenters. The molecule has 0 saturated carbocycles. The SMILES string of the molecule is COc1ccnc(C(C)O)c1CO. The monoisotopic (exact) mass is 183 g/mol. The van der Waals surface area contributed by atoms with E-state index in [9.17, 15) is 5.11 Å². The van der Waals surface area contributed by atoms with Gasteiger partial charge in [-0.3, -0.25) is 4.98 Å². The van der Waals surface area contributed by atoms with E-state index in [0.717, 1.165) is 0 Å². The van der Waals surface area contributed by atoms with Crippen molar-refractivity contribution in [1.29, 1.82) is 0 Å². The van der Waals surface area contributed by atoms with Crippen LogP contribution in [-0.2, 0) is 6.61 Å². The molecule has 0 bridgehead atoms. The van der Waals surface area contributed by atoms with E-state index in [-0.39, 0.29) is 6.61 Å². The molecule has 4 heteroatoms. The third kappa shape index (κ3) is 1.96. The van der Waals surface area contributed by atoms with E-state index < -0.39 is 6.10 Å². The third-order valence-corrected chi connectivity index (χ3v) is 1.82. The molecular weight excluding hydrogens is 170 g/mol. The lowest BCUT2D eigenvalue weighted by Gasteiger charge is -2.12. The molecule has 0 aliphatic heterocycles. The van der Waals surface area contributed by atoms with E-state index >= 15 is 0 Å². The van der Waals surface area contributed by atoms with Crippen molar-refractivity contribution in [3.8, 4) is 5.75 Å². The summed E-state index contributed by atoms with van der Waals surface area (Å²) in [5.41, 5.74) is 1.00. The Labute approximate surface area is 76.8 Å². The number of hydrogen-bond donors (Lipinski definition) is 2. The zero-order chi connectivity index (χ0) is 9.84. The Hall–Kier alpha value is -1.13. The molecule has 4 nitrogen and oxygen atoms in total. The van der Waals surface area contributed by atoms with Crippen molar-refractivity contribution in [2.24, 2.45) is 0 Å². The van der Waals surface area contributed by atoms with Crippen LogP contribution < -0.4 is 4.74 Å². The fourth-order valence-corrected chi connectivity index (χ4v) is 1.20. The first kappa shape index (κ1) is 9.95. The summed E-state index contributed by atoms with van der Waals surface area (Å²) in [4.78, 5) is 3.97. The molecule has 0 amide bonds. The molecule has 1 aromatic rings. The van der Waals surface area contributed by atoms with E-state index in [2.05, 4.69) is 4.98 Å². The molecular formula is C9H13NO3. The largest absolute Gasteiger partial charge is 0.496 e. The molecule has 1 unspecified atom stereocenters. The van der Waals surface area contributed by atoms with Gasteiger partial charge in [0, 0.05) is 11.8 Å². The quantitative estimate of drug-likeness (QED) is 0.721. The van der Waals surface area contributed by atoms with E-state index in [4.69, 9.17) is 9.84 Å². The summed E-state index contributed by atoms with van der Waals surface area (Å²) in [6.07, 6.45) is 0.845. The van der Waals surface area contributed by atoms with Crippen molar-refractivity contribution < 1.29 is 14.9 Å². The lowest BCUT2D eigenvalue weighted by molar-refractivity contribution is 0.186. The number of methoxy groups -OCH3 is 1. The molecule has 0 saturated heterocycles. The van der Waals surface area contributed by atoms with Crippen LogP contribution in [0.2, 0.25) is 0 Å². The number of pyridine rings is 1. The summed E-state index contributed by atoms with van der Waals surface area (Å²) in [7, 11) is 1.51. The maximum atomic E-state index is 9.33. The van der Waals surface area contributed by atoms with Crippen molar-refractivity contribution in [2.75, 3.05) is 7.11 Å². The zero-order valence-corrected chi connectivity index (χ0v) is 7.69. The number of aliphatic hydroxyl groups is 2. The number of nitrogens with zero attached hydrogens (tertiary/aromatic N) is 1. The van der Waals surface area contributed by atoms with Crippen molar-refractivity contribution in [1.82, 2.24) is 4.98 Å². The minimum absolute atomic E-state index is 0.183. The van der Waals surface area contributed by atoms with Crippen LogP contribution in [0.5, 0.6) is 5.75 Å². The van der Waals surface area contributed by atoms with Crippen LogP contribution >= 0.6 is 0 Å². The molecule has 0 fully saturated rings. The zero-order valence-electron chi connectivity index (χ0n) is 7.69. The van der Waals surface area contributed by atoms with Gasteiger partial charge in [0.2, 0.25) is 0 Å². The molecule has 0 spiro atoms. The first-order chi connectivity index (χ1) is 6.20. The highest BCUT2D eigenvalue weighted by Gasteiger charge is 2.12. The molecule has 0 aliphatic carbocycles. The molecule has 2 N–H and O–H groups in total. The molecule has 1 aromatic heterocycles. The van der Waals surface area contributed by atoms with E-state index in [1.807, 2.05) is 0 Å². The average molecular weight is 183 g/mol. The summed E-state index contributed by atoms with van der Waals surface area (Å²) in [5, 5.41) is 18.4. The molecule has 0 radical (unpaired) electrons. The molecule has 1 rings (SSSR count).